The Bertz CT molecular complexity index is 464. The molecule has 0 radical (unpaired) electrons. The second kappa shape index (κ2) is 6.26. The summed E-state index contributed by atoms with van der Waals surface area (Å²) in [5, 5.41) is 1.37. The molecule has 0 aliphatic heterocycles. The van der Waals surface area contributed by atoms with Crippen LogP contribution in [0.25, 0.3) is 0 Å². The molecule has 0 saturated carbocycles. The molecule has 2 aromatic rings. The highest BCUT2D eigenvalue weighted by molar-refractivity contribution is 6.48. The van der Waals surface area contributed by atoms with Crippen LogP contribution in [0.1, 0.15) is 12.5 Å². The summed E-state index contributed by atoms with van der Waals surface area (Å²) in [5.74, 6) is 1.65. The Morgan fingerprint density at radius 1 is 0.944 bits per heavy atom. The second-order valence-corrected chi connectivity index (χ2v) is 5.40. The van der Waals surface area contributed by atoms with E-state index in [2.05, 4.69) is 31.2 Å². The van der Waals surface area contributed by atoms with E-state index in [1.807, 2.05) is 24.3 Å². The SMILES string of the molecule is CCc1ccccc1[SiH2]Oc1ccccc1OC. The summed E-state index contributed by atoms with van der Waals surface area (Å²) in [6.45, 7) is 2.18. The number of methoxy groups -OCH3 is 1. The van der Waals surface area contributed by atoms with Crippen molar-refractivity contribution in [3.63, 3.8) is 0 Å². The van der Waals surface area contributed by atoms with Crippen LogP contribution in [0.2, 0.25) is 0 Å². The maximum Gasteiger partial charge on any atom is 0.251 e. The molecule has 2 nitrogen and oxygen atoms in total. The van der Waals surface area contributed by atoms with Crippen molar-refractivity contribution in [2.24, 2.45) is 0 Å². The molecule has 0 N–H and O–H groups in total. The molecule has 0 spiro atoms. The minimum Gasteiger partial charge on any atom is -0.542 e. The molecule has 18 heavy (non-hydrogen) atoms. The molecule has 0 atom stereocenters. The van der Waals surface area contributed by atoms with E-state index in [1.54, 1.807) is 7.11 Å². The van der Waals surface area contributed by atoms with Crippen molar-refractivity contribution in [1.82, 2.24) is 0 Å². The highest BCUT2D eigenvalue weighted by atomic mass is 28.2. The van der Waals surface area contributed by atoms with Crippen molar-refractivity contribution in [2.45, 2.75) is 13.3 Å². The molecular weight excluding hydrogens is 240 g/mol. The van der Waals surface area contributed by atoms with Gasteiger partial charge in [0.1, 0.15) is 5.75 Å². The van der Waals surface area contributed by atoms with Crippen molar-refractivity contribution in [3.8, 4) is 11.5 Å². The number of aryl methyl sites for hydroxylation is 1. The molecule has 0 aromatic heterocycles. The zero-order valence-corrected chi connectivity index (χ0v) is 12.3. The zero-order chi connectivity index (χ0) is 12.8. The summed E-state index contributed by atoms with van der Waals surface area (Å²) in [6, 6.07) is 16.3. The van der Waals surface area contributed by atoms with Crippen LogP contribution in [0.15, 0.2) is 48.5 Å². The van der Waals surface area contributed by atoms with Gasteiger partial charge in [0.25, 0.3) is 9.76 Å². The smallest absolute Gasteiger partial charge is 0.251 e. The largest absolute Gasteiger partial charge is 0.542 e. The van der Waals surface area contributed by atoms with Gasteiger partial charge in [-0.25, -0.2) is 0 Å². The van der Waals surface area contributed by atoms with Crippen LogP contribution >= 0.6 is 0 Å². The molecule has 3 heteroatoms. The van der Waals surface area contributed by atoms with Crippen LogP contribution in [-0.4, -0.2) is 16.9 Å². The van der Waals surface area contributed by atoms with Crippen LogP contribution < -0.4 is 14.3 Å². The van der Waals surface area contributed by atoms with Gasteiger partial charge in [-0.05, 0) is 29.3 Å². The fraction of sp³-hybridized carbons (Fsp3) is 0.200. The van der Waals surface area contributed by atoms with Crippen molar-refractivity contribution >= 4 is 14.9 Å². The lowest BCUT2D eigenvalue weighted by Gasteiger charge is -2.12. The van der Waals surface area contributed by atoms with Gasteiger partial charge in [-0.1, -0.05) is 43.3 Å². The summed E-state index contributed by atoms with van der Waals surface area (Å²) in [7, 11) is 0.910. The molecule has 2 rings (SSSR count). The molecule has 0 aliphatic rings. The topological polar surface area (TPSA) is 18.5 Å². The Balaban J connectivity index is 2.11. The van der Waals surface area contributed by atoms with E-state index in [0.717, 1.165) is 17.9 Å². The van der Waals surface area contributed by atoms with Crippen LogP contribution in [0.3, 0.4) is 0 Å². The van der Waals surface area contributed by atoms with E-state index in [-0.39, 0.29) is 0 Å². The Labute approximate surface area is 111 Å². The monoisotopic (exact) mass is 258 g/mol. The van der Waals surface area contributed by atoms with Gasteiger partial charge >= 0.3 is 0 Å². The molecular formula is C15H18O2Si. The van der Waals surface area contributed by atoms with E-state index < -0.39 is 9.76 Å². The maximum absolute atomic E-state index is 5.97. The van der Waals surface area contributed by atoms with Crippen LogP contribution in [0.5, 0.6) is 11.5 Å². The Hall–Kier alpha value is -1.74. The Morgan fingerprint density at radius 2 is 1.61 bits per heavy atom. The number of ether oxygens (including phenoxy) is 1. The van der Waals surface area contributed by atoms with Gasteiger partial charge in [0, 0.05) is 0 Å². The predicted octanol–water partition coefficient (Wildman–Crippen LogP) is 2.05. The lowest BCUT2D eigenvalue weighted by atomic mass is 10.2. The Morgan fingerprint density at radius 3 is 2.33 bits per heavy atom. The fourth-order valence-electron chi connectivity index (χ4n) is 1.94. The molecule has 94 valence electrons. The standard InChI is InChI=1S/C15H18O2Si/c1-3-12-8-4-7-11-15(12)18-17-14-10-6-5-9-13(14)16-2/h4-11H,3,18H2,1-2H3. The van der Waals surface area contributed by atoms with Gasteiger partial charge in [0.05, 0.1) is 7.11 Å². The maximum atomic E-state index is 5.97. The molecule has 0 amide bonds. The summed E-state index contributed by atoms with van der Waals surface area (Å²) in [5.41, 5.74) is 1.39. The van der Waals surface area contributed by atoms with Crippen molar-refractivity contribution in [1.29, 1.82) is 0 Å². The van der Waals surface area contributed by atoms with Crippen molar-refractivity contribution in [3.05, 3.63) is 54.1 Å². The third-order valence-corrected chi connectivity index (χ3v) is 4.41. The number of hydrogen-bond donors (Lipinski definition) is 0. The van der Waals surface area contributed by atoms with E-state index in [0.29, 0.717) is 0 Å². The van der Waals surface area contributed by atoms with Crippen molar-refractivity contribution in [2.75, 3.05) is 7.11 Å². The summed E-state index contributed by atoms with van der Waals surface area (Å²) in [6.07, 6.45) is 1.05. The first-order valence-electron chi connectivity index (χ1n) is 6.17. The van der Waals surface area contributed by atoms with Gasteiger partial charge in [-0.15, -0.1) is 0 Å². The molecule has 0 aliphatic carbocycles. The first kappa shape index (κ1) is 12.7. The van der Waals surface area contributed by atoms with Gasteiger partial charge in [0.2, 0.25) is 0 Å². The lowest BCUT2D eigenvalue weighted by molar-refractivity contribution is 0.396. The minimum absolute atomic E-state index is 0.760. The van der Waals surface area contributed by atoms with Crippen LogP contribution in [0.4, 0.5) is 0 Å². The minimum atomic E-state index is -0.760. The fourth-order valence-corrected chi connectivity index (χ4v) is 3.27. The highest BCUT2D eigenvalue weighted by Gasteiger charge is 2.05. The summed E-state index contributed by atoms with van der Waals surface area (Å²) < 4.78 is 11.3. The van der Waals surface area contributed by atoms with E-state index in [1.165, 1.54) is 10.8 Å². The number of benzene rings is 2. The average Bonchev–Trinajstić information content (AvgIpc) is 2.45. The Kier molecular flexibility index (Phi) is 4.42. The normalized spacial score (nSPS) is 10.8. The lowest BCUT2D eigenvalue weighted by Crippen LogP contribution is -2.24. The summed E-state index contributed by atoms with van der Waals surface area (Å²) in [4.78, 5) is 0. The van der Waals surface area contributed by atoms with Gasteiger partial charge in [0.15, 0.2) is 5.75 Å². The van der Waals surface area contributed by atoms with E-state index in [9.17, 15) is 0 Å². The molecule has 0 heterocycles. The zero-order valence-electron chi connectivity index (χ0n) is 10.8. The number of rotatable bonds is 5. The van der Waals surface area contributed by atoms with Crippen LogP contribution in [0, 0.1) is 0 Å². The average molecular weight is 258 g/mol. The number of hydrogen-bond acceptors (Lipinski definition) is 2. The molecule has 0 unspecified atom stereocenters. The highest BCUT2D eigenvalue weighted by Crippen LogP contribution is 2.25. The third kappa shape index (κ3) is 2.93. The van der Waals surface area contributed by atoms with Gasteiger partial charge < -0.3 is 9.16 Å². The molecule has 2 aromatic carbocycles. The molecule has 0 bridgehead atoms. The second-order valence-electron chi connectivity index (χ2n) is 4.06. The van der Waals surface area contributed by atoms with Crippen LogP contribution in [-0.2, 0) is 6.42 Å². The quantitative estimate of drug-likeness (QED) is 0.764. The predicted molar refractivity (Wildman–Crippen MR) is 77.6 cm³/mol. The number of para-hydroxylation sites is 2. The van der Waals surface area contributed by atoms with Gasteiger partial charge in [-0.2, -0.15) is 0 Å². The first-order valence-corrected chi connectivity index (χ1v) is 7.46. The molecule has 0 fully saturated rings. The van der Waals surface area contributed by atoms with E-state index >= 15 is 0 Å². The van der Waals surface area contributed by atoms with Crippen molar-refractivity contribution < 1.29 is 9.16 Å². The molecule has 0 saturated heterocycles. The first-order chi connectivity index (χ1) is 8.85. The van der Waals surface area contributed by atoms with Gasteiger partial charge in [-0.3, -0.25) is 0 Å². The van der Waals surface area contributed by atoms with E-state index in [4.69, 9.17) is 9.16 Å². The third-order valence-electron chi connectivity index (χ3n) is 2.95. The summed E-state index contributed by atoms with van der Waals surface area (Å²) >= 11 is 0.